The minimum absolute atomic E-state index is 0.714. The Morgan fingerprint density at radius 2 is 0.857 bits per heavy atom. The van der Waals surface area contributed by atoms with Crippen LogP contribution in [0.4, 0.5) is 11.4 Å². The van der Waals surface area contributed by atoms with Gasteiger partial charge in [0.15, 0.2) is 0 Å². The Morgan fingerprint density at radius 1 is 0.536 bits per heavy atom. The predicted octanol–water partition coefficient (Wildman–Crippen LogP) is 6.92. The molecule has 28 heavy (non-hydrogen) atoms. The van der Waals surface area contributed by atoms with E-state index >= 15 is 0 Å². The maximum absolute atomic E-state index is 5.91. The van der Waals surface area contributed by atoms with E-state index in [-0.39, 0.29) is 0 Å². The van der Waals surface area contributed by atoms with Crippen molar-refractivity contribution in [1.82, 2.24) is 0 Å². The van der Waals surface area contributed by atoms with Crippen LogP contribution in [0.15, 0.2) is 83.0 Å². The second kappa shape index (κ2) is 10.7. The number of halogens is 2. The van der Waals surface area contributed by atoms with Gasteiger partial charge in [-0.1, -0.05) is 47.5 Å². The number of benzene rings is 2. The van der Waals surface area contributed by atoms with Crippen LogP contribution in [0.25, 0.3) is 0 Å². The molecule has 0 aromatic heterocycles. The van der Waals surface area contributed by atoms with Gasteiger partial charge in [0, 0.05) is 47.2 Å². The largest absolute Gasteiger partial charge is 0.279 e. The molecule has 0 fully saturated rings. The summed E-state index contributed by atoms with van der Waals surface area (Å²) in [7, 11) is 0. The van der Waals surface area contributed by atoms with Crippen molar-refractivity contribution in [2.45, 2.75) is 25.7 Å². The van der Waals surface area contributed by atoms with Gasteiger partial charge in [-0.05, 0) is 48.5 Å². The summed E-state index contributed by atoms with van der Waals surface area (Å²) in [6.45, 7) is 0. The van der Waals surface area contributed by atoms with Crippen molar-refractivity contribution in [3.05, 3.63) is 82.9 Å². The molecular formula is C22H22Cl2N4. The van der Waals surface area contributed by atoms with E-state index in [1.165, 1.54) is 0 Å². The van der Waals surface area contributed by atoms with Gasteiger partial charge in [0.05, 0.1) is 11.4 Å². The molecule has 0 unspecified atom stereocenters. The highest BCUT2D eigenvalue weighted by Crippen LogP contribution is 2.15. The summed E-state index contributed by atoms with van der Waals surface area (Å²) in [5.74, 6) is 0. The fourth-order valence-corrected chi connectivity index (χ4v) is 2.81. The molecule has 6 heteroatoms. The lowest BCUT2D eigenvalue weighted by Gasteiger charge is -2.07. The number of rotatable bonds is 4. The molecule has 0 saturated carbocycles. The lowest BCUT2D eigenvalue weighted by Crippen LogP contribution is -2.04. The Hall–Kier alpha value is -2.56. The molecule has 144 valence electrons. The quantitative estimate of drug-likeness (QED) is 0.422. The summed E-state index contributed by atoms with van der Waals surface area (Å²) in [4.78, 5) is 0. The molecule has 0 heterocycles. The van der Waals surface area contributed by atoms with E-state index in [0.717, 1.165) is 48.5 Å². The van der Waals surface area contributed by atoms with Crippen LogP contribution in [0, 0.1) is 0 Å². The number of nitrogens with one attached hydrogen (secondary N) is 2. The average molecular weight is 413 g/mol. The Balaban J connectivity index is 1.57. The number of nitrogens with zero attached hydrogens (tertiary/aromatic N) is 2. The molecule has 0 radical (unpaired) electrons. The SMILES string of the molecule is Clc1ccc(NN=C2C/C=C\CC(=NNc3ccc(Cl)cc3)C/C=C\C2)cc1. The van der Waals surface area contributed by atoms with Crippen molar-refractivity contribution in [2.24, 2.45) is 10.2 Å². The molecule has 0 saturated heterocycles. The van der Waals surface area contributed by atoms with Gasteiger partial charge in [-0.2, -0.15) is 10.2 Å². The molecule has 2 N–H and O–H groups in total. The molecule has 4 nitrogen and oxygen atoms in total. The maximum Gasteiger partial charge on any atom is 0.0562 e. The molecule has 0 amide bonds. The average Bonchev–Trinajstić information content (AvgIpc) is 2.72. The lowest BCUT2D eigenvalue weighted by atomic mass is 10.1. The third-order valence-electron chi connectivity index (χ3n) is 4.12. The standard InChI is InChI=1S/C22H22Cl2N4/c23-17-9-13-21(14-10-17)27-25-19-5-1-2-6-20(8-4-3-7-19)26-28-22-15-11-18(24)12-16-22/h1-4,9-16,27-28H,5-8H2/b2-1-,4-3-,25-19?,26-20?. The van der Waals surface area contributed by atoms with E-state index < -0.39 is 0 Å². The Kier molecular flexibility index (Phi) is 7.71. The highest BCUT2D eigenvalue weighted by molar-refractivity contribution is 6.30. The number of allylic oxidation sites excluding steroid dienone is 4. The summed E-state index contributed by atoms with van der Waals surface area (Å²) in [6.07, 6.45) is 11.7. The first-order chi connectivity index (χ1) is 13.7. The van der Waals surface area contributed by atoms with Crippen molar-refractivity contribution in [1.29, 1.82) is 0 Å². The monoisotopic (exact) mass is 412 g/mol. The van der Waals surface area contributed by atoms with E-state index in [1.807, 2.05) is 48.5 Å². The molecule has 2 aromatic rings. The second-order valence-corrected chi connectivity index (χ2v) is 7.23. The number of hydrogen-bond donors (Lipinski definition) is 2. The van der Waals surface area contributed by atoms with Crippen LogP contribution in [0.2, 0.25) is 10.0 Å². The Labute approximate surface area is 175 Å². The number of hydrogen-bond acceptors (Lipinski definition) is 4. The fraction of sp³-hybridized carbons (Fsp3) is 0.182. The summed E-state index contributed by atoms with van der Waals surface area (Å²) in [6, 6.07) is 15.0. The van der Waals surface area contributed by atoms with E-state index in [0.29, 0.717) is 10.0 Å². The summed E-state index contributed by atoms with van der Waals surface area (Å²) >= 11 is 11.8. The van der Waals surface area contributed by atoms with E-state index in [9.17, 15) is 0 Å². The van der Waals surface area contributed by atoms with Gasteiger partial charge >= 0.3 is 0 Å². The van der Waals surface area contributed by atoms with Crippen molar-refractivity contribution in [2.75, 3.05) is 10.9 Å². The van der Waals surface area contributed by atoms with Gasteiger partial charge < -0.3 is 0 Å². The summed E-state index contributed by atoms with van der Waals surface area (Å²) in [5.41, 5.74) is 10.2. The van der Waals surface area contributed by atoms with Crippen LogP contribution in [0.1, 0.15) is 25.7 Å². The number of hydrazone groups is 2. The topological polar surface area (TPSA) is 48.8 Å². The van der Waals surface area contributed by atoms with E-state index in [2.05, 4.69) is 45.4 Å². The van der Waals surface area contributed by atoms with Crippen LogP contribution in [-0.4, -0.2) is 11.4 Å². The van der Waals surface area contributed by atoms with Gasteiger partial charge in [-0.15, -0.1) is 0 Å². The highest BCUT2D eigenvalue weighted by Gasteiger charge is 2.01. The van der Waals surface area contributed by atoms with Crippen LogP contribution >= 0.6 is 23.2 Å². The summed E-state index contributed by atoms with van der Waals surface area (Å²) in [5, 5.41) is 10.5. The second-order valence-electron chi connectivity index (χ2n) is 6.35. The lowest BCUT2D eigenvalue weighted by molar-refractivity contribution is 1.18. The van der Waals surface area contributed by atoms with Crippen LogP contribution in [-0.2, 0) is 0 Å². The van der Waals surface area contributed by atoms with Crippen LogP contribution < -0.4 is 10.9 Å². The third-order valence-corrected chi connectivity index (χ3v) is 4.63. The van der Waals surface area contributed by atoms with Crippen molar-refractivity contribution < 1.29 is 0 Å². The zero-order valence-corrected chi connectivity index (χ0v) is 16.9. The zero-order chi connectivity index (χ0) is 19.6. The maximum atomic E-state index is 5.91. The van der Waals surface area contributed by atoms with Gasteiger partial charge in [0.25, 0.3) is 0 Å². The van der Waals surface area contributed by atoms with Crippen molar-refractivity contribution in [3.8, 4) is 0 Å². The van der Waals surface area contributed by atoms with Gasteiger partial charge in [0.1, 0.15) is 0 Å². The minimum Gasteiger partial charge on any atom is -0.279 e. The Morgan fingerprint density at radius 3 is 1.18 bits per heavy atom. The molecule has 0 aliphatic heterocycles. The number of anilines is 2. The molecule has 1 aliphatic rings. The normalized spacial score (nSPS) is 16.8. The Bertz CT molecular complexity index is 786. The molecule has 0 spiro atoms. The first-order valence-electron chi connectivity index (χ1n) is 9.13. The molecule has 0 atom stereocenters. The van der Waals surface area contributed by atoms with Gasteiger partial charge in [0.2, 0.25) is 0 Å². The van der Waals surface area contributed by atoms with Gasteiger partial charge in [-0.25, -0.2) is 0 Å². The third kappa shape index (κ3) is 6.87. The molecule has 3 rings (SSSR count). The van der Waals surface area contributed by atoms with Crippen molar-refractivity contribution >= 4 is 46.0 Å². The first-order valence-corrected chi connectivity index (χ1v) is 9.88. The van der Waals surface area contributed by atoms with Crippen LogP contribution in [0.5, 0.6) is 0 Å². The minimum atomic E-state index is 0.714. The van der Waals surface area contributed by atoms with Crippen LogP contribution in [0.3, 0.4) is 0 Å². The van der Waals surface area contributed by atoms with Crippen molar-refractivity contribution in [3.63, 3.8) is 0 Å². The molecule has 2 aromatic carbocycles. The molecule has 1 aliphatic carbocycles. The highest BCUT2D eigenvalue weighted by atomic mass is 35.5. The van der Waals surface area contributed by atoms with E-state index in [4.69, 9.17) is 23.2 Å². The fourth-order valence-electron chi connectivity index (χ4n) is 2.56. The first kappa shape index (κ1) is 20.2. The smallest absolute Gasteiger partial charge is 0.0562 e. The summed E-state index contributed by atoms with van der Waals surface area (Å²) < 4.78 is 0. The zero-order valence-electron chi connectivity index (χ0n) is 15.4. The molecule has 0 bridgehead atoms. The van der Waals surface area contributed by atoms with Gasteiger partial charge in [-0.3, -0.25) is 10.9 Å². The van der Waals surface area contributed by atoms with E-state index in [1.54, 1.807) is 0 Å². The predicted molar refractivity (Wildman–Crippen MR) is 122 cm³/mol. The molecular weight excluding hydrogens is 391 g/mol.